The van der Waals surface area contributed by atoms with Crippen LogP contribution in [0, 0.1) is 17.1 Å². The maximum absolute atomic E-state index is 14.0. The minimum Gasteiger partial charge on any atom is -0.508 e. The summed E-state index contributed by atoms with van der Waals surface area (Å²) in [6.45, 7) is 0. The van der Waals surface area contributed by atoms with Gasteiger partial charge in [-0.2, -0.15) is 5.26 Å². The molecule has 0 saturated heterocycles. The van der Waals surface area contributed by atoms with Crippen molar-refractivity contribution >= 4 is 17.7 Å². The van der Waals surface area contributed by atoms with Crippen molar-refractivity contribution in [3.05, 3.63) is 83.9 Å². The maximum atomic E-state index is 14.0. The highest BCUT2D eigenvalue weighted by Gasteiger charge is 2.12. The Hall–Kier alpha value is -3.85. The zero-order valence-electron chi connectivity index (χ0n) is 13.6. The van der Waals surface area contributed by atoms with Crippen molar-refractivity contribution < 1.29 is 14.3 Å². The quantitative estimate of drug-likeness (QED) is 0.427. The number of nitrogens with zero attached hydrogens (tertiary/aromatic N) is 2. The molecule has 3 rings (SSSR count). The first-order valence-corrected chi connectivity index (χ1v) is 7.73. The Morgan fingerprint density at radius 1 is 1.12 bits per heavy atom. The summed E-state index contributed by atoms with van der Waals surface area (Å²) in [7, 11) is 0. The fourth-order valence-corrected chi connectivity index (χ4v) is 2.42. The summed E-state index contributed by atoms with van der Waals surface area (Å²) >= 11 is 0. The van der Waals surface area contributed by atoms with E-state index in [1.807, 2.05) is 6.07 Å². The third-order valence-corrected chi connectivity index (χ3v) is 3.67. The van der Waals surface area contributed by atoms with E-state index in [-0.39, 0.29) is 11.3 Å². The van der Waals surface area contributed by atoms with Gasteiger partial charge in [0.1, 0.15) is 23.2 Å². The number of carbonyl (C=O) groups is 1. The second-order valence-corrected chi connectivity index (χ2v) is 5.43. The third kappa shape index (κ3) is 3.62. The van der Waals surface area contributed by atoms with Gasteiger partial charge >= 0.3 is 0 Å². The van der Waals surface area contributed by atoms with Crippen molar-refractivity contribution in [3.63, 3.8) is 0 Å². The van der Waals surface area contributed by atoms with Crippen molar-refractivity contribution in [2.24, 2.45) is 0 Å². The topological polar surface area (TPSA) is 78.0 Å². The van der Waals surface area contributed by atoms with E-state index >= 15 is 0 Å². The molecule has 6 heteroatoms. The molecule has 0 radical (unpaired) electrons. The predicted molar refractivity (Wildman–Crippen MR) is 96.1 cm³/mol. The fourth-order valence-electron chi connectivity index (χ4n) is 2.42. The zero-order valence-corrected chi connectivity index (χ0v) is 13.6. The summed E-state index contributed by atoms with van der Waals surface area (Å²) < 4.78 is 15.6. The van der Waals surface area contributed by atoms with Gasteiger partial charge < -0.3 is 15.0 Å². The molecule has 1 heterocycles. The maximum Gasteiger partial charge on any atom is 0.266 e. The average molecular weight is 347 g/mol. The van der Waals surface area contributed by atoms with E-state index in [2.05, 4.69) is 5.32 Å². The number of para-hydroxylation sites is 1. The van der Waals surface area contributed by atoms with Gasteiger partial charge in [0.25, 0.3) is 5.91 Å². The van der Waals surface area contributed by atoms with Crippen LogP contribution >= 0.6 is 0 Å². The van der Waals surface area contributed by atoms with Crippen molar-refractivity contribution in [2.75, 3.05) is 5.32 Å². The number of nitriles is 1. The van der Waals surface area contributed by atoms with Gasteiger partial charge in [-0.05, 0) is 54.6 Å². The molecule has 0 aliphatic carbocycles. The lowest BCUT2D eigenvalue weighted by atomic mass is 10.2. The zero-order chi connectivity index (χ0) is 18.5. The van der Waals surface area contributed by atoms with Gasteiger partial charge in [-0.15, -0.1) is 0 Å². The van der Waals surface area contributed by atoms with Crippen molar-refractivity contribution in [1.29, 1.82) is 5.26 Å². The molecule has 26 heavy (non-hydrogen) atoms. The SMILES string of the molecule is N#CC(=Cc1cccn1-c1ccccc1F)C(=O)Nc1ccc(O)cc1. The molecule has 0 spiro atoms. The van der Waals surface area contributed by atoms with Crippen molar-refractivity contribution in [1.82, 2.24) is 4.57 Å². The molecule has 128 valence electrons. The molecule has 2 N–H and O–H groups in total. The number of benzene rings is 2. The molecule has 0 bridgehead atoms. The van der Waals surface area contributed by atoms with E-state index in [0.29, 0.717) is 17.1 Å². The third-order valence-electron chi connectivity index (χ3n) is 3.67. The lowest BCUT2D eigenvalue weighted by molar-refractivity contribution is -0.112. The Morgan fingerprint density at radius 3 is 2.54 bits per heavy atom. The molecular weight excluding hydrogens is 333 g/mol. The van der Waals surface area contributed by atoms with Crippen LogP contribution in [0.1, 0.15) is 5.69 Å². The second-order valence-electron chi connectivity index (χ2n) is 5.43. The lowest BCUT2D eigenvalue weighted by Gasteiger charge is -2.08. The normalized spacial score (nSPS) is 11.0. The first-order chi connectivity index (χ1) is 12.6. The number of aromatic hydroxyl groups is 1. The lowest BCUT2D eigenvalue weighted by Crippen LogP contribution is -2.13. The number of hydrogen-bond acceptors (Lipinski definition) is 3. The first kappa shape index (κ1) is 17.0. The van der Waals surface area contributed by atoms with Crippen LogP contribution in [0.5, 0.6) is 5.75 Å². The Morgan fingerprint density at radius 2 is 1.85 bits per heavy atom. The molecule has 0 aliphatic heterocycles. The highest BCUT2D eigenvalue weighted by Crippen LogP contribution is 2.19. The number of phenolic OH excluding ortho intramolecular Hbond substituents is 1. The number of nitrogens with one attached hydrogen (secondary N) is 1. The smallest absolute Gasteiger partial charge is 0.266 e. The molecule has 2 aromatic carbocycles. The number of anilines is 1. The minimum atomic E-state index is -0.598. The molecule has 5 nitrogen and oxygen atoms in total. The Kier molecular flexibility index (Phi) is 4.81. The van der Waals surface area contributed by atoms with E-state index in [1.165, 1.54) is 36.4 Å². The number of halogens is 1. The van der Waals surface area contributed by atoms with Crippen LogP contribution in [0.4, 0.5) is 10.1 Å². The number of amides is 1. The Balaban J connectivity index is 1.90. The van der Waals surface area contributed by atoms with E-state index in [9.17, 15) is 19.6 Å². The van der Waals surface area contributed by atoms with Crippen LogP contribution < -0.4 is 5.32 Å². The molecule has 0 atom stereocenters. The van der Waals surface area contributed by atoms with Gasteiger partial charge in [0.2, 0.25) is 0 Å². The summed E-state index contributed by atoms with van der Waals surface area (Å²) in [6.07, 6.45) is 3.04. The molecule has 1 amide bonds. The summed E-state index contributed by atoms with van der Waals surface area (Å²) in [5.41, 5.74) is 1.13. The molecule has 0 fully saturated rings. The largest absolute Gasteiger partial charge is 0.508 e. The summed E-state index contributed by atoms with van der Waals surface area (Å²) in [5.74, 6) is -0.938. The first-order valence-electron chi connectivity index (χ1n) is 7.73. The second kappa shape index (κ2) is 7.36. The fraction of sp³-hybridized carbons (Fsp3) is 0. The van der Waals surface area contributed by atoms with E-state index in [0.717, 1.165) is 0 Å². The summed E-state index contributed by atoms with van der Waals surface area (Å²) in [6, 6.07) is 17.4. The highest BCUT2D eigenvalue weighted by molar-refractivity contribution is 6.09. The predicted octanol–water partition coefficient (Wildman–Crippen LogP) is 3.87. The van der Waals surface area contributed by atoms with Gasteiger partial charge in [-0.25, -0.2) is 4.39 Å². The van der Waals surface area contributed by atoms with Crippen molar-refractivity contribution in [2.45, 2.75) is 0 Å². The molecule has 0 saturated carbocycles. The van der Waals surface area contributed by atoms with E-state index in [1.54, 1.807) is 41.1 Å². The van der Waals surface area contributed by atoms with E-state index in [4.69, 9.17) is 0 Å². The van der Waals surface area contributed by atoms with Gasteiger partial charge in [0.05, 0.1) is 5.69 Å². The van der Waals surface area contributed by atoms with E-state index < -0.39 is 11.7 Å². The van der Waals surface area contributed by atoms with Gasteiger partial charge in [-0.1, -0.05) is 12.1 Å². The molecule has 0 aliphatic rings. The number of hydrogen-bond donors (Lipinski definition) is 2. The van der Waals surface area contributed by atoms with Gasteiger partial charge in [0.15, 0.2) is 0 Å². The van der Waals surface area contributed by atoms with Crippen LogP contribution in [0.2, 0.25) is 0 Å². The average Bonchev–Trinajstić information content (AvgIpc) is 3.10. The van der Waals surface area contributed by atoms with Crippen LogP contribution in [-0.2, 0) is 4.79 Å². The number of rotatable bonds is 4. The highest BCUT2D eigenvalue weighted by atomic mass is 19.1. The molecular formula is C20H14FN3O2. The molecule has 3 aromatic rings. The monoisotopic (exact) mass is 347 g/mol. The van der Waals surface area contributed by atoms with Crippen LogP contribution in [0.25, 0.3) is 11.8 Å². The van der Waals surface area contributed by atoms with Gasteiger partial charge in [-0.3, -0.25) is 4.79 Å². The summed E-state index contributed by atoms with van der Waals surface area (Å²) in [4.78, 5) is 12.3. The number of aromatic nitrogens is 1. The standard InChI is InChI=1S/C20H14FN3O2/c21-18-5-1-2-6-19(18)24-11-3-4-16(24)12-14(13-22)20(26)23-15-7-9-17(25)10-8-15/h1-12,25H,(H,23,26). The van der Waals surface area contributed by atoms with Crippen molar-refractivity contribution in [3.8, 4) is 17.5 Å². The molecule has 1 aromatic heterocycles. The Bertz CT molecular complexity index is 1010. The summed E-state index contributed by atoms with van der Waals surface area (Å²) in [5, 5.41) is 21.2. The number of carbonyl (C=O) groups excluding carboxylic acids is 1. The Labute approximate surface area is 149 Å². The number of phenols is 1. The minimum absolute atomic E-state index is 0.0711. The van der Waals surface area contributed by atoms with Crippen LogP contribution in [0.15, 0.2) is 72.4 Å². The van der Waals surface area contributed by atoms with Crippen LogP contribution in [0.3, 0.4) is 0 Å². The van der Waals surface area contributed by atoms with Gasteiger partial charge in [0, 0.05) is 17.6 Å². The van der Waals surface area contributed by atoms with Crippen LogP contribution in [-0.4, -0.2) is 15.6 Å². The molecule has 0 unspecified atom stereocenters.